The minimum Gasteiger partial charge on any atom is -0.331 e. The van der Waals surface area contributed by atoms with Gasteiger partial charge in [0.05, 0.1) is 11.9 Å². The molecular weight excluding hydrogens is 400 g/mol. The van der Waals surface area contributed by atoms with Gasteiger partial charge in [-0.25, -0.2) is 9.37 Å². The molecule has 0 fully saturated rings. The molecule has 0 atom stereocenters. The first kappa shape index (κ1) is 20.1. The van der Waals surface area contributed by atoms with Gasteiger partial charge >= 0.3 is 6.18 Å². The van der Waals surface area contributed by atoms with Crippen LogP contribution in [0.5, 0.6) is 0 Å². The fourth-order valence-electron chi connectivity index (χ4n) is 3.43. The summed E-state index contributed by atoms with van der Waals surface area (Å²) < 4.78 is 53.6. The number of aromatic nitrogens is 2. The first-order chi connectivity index (χ1) is 14.3. The topological polar surface area (TPSA) is 59.0 Å². The van der Waals surface area contributed by atoms with E-state index in [9.17, 15) is 22.4 Å². The van der Waals surface area contributed by atoms with E-state index in [1.807, 2.05) is 12.1 Å². The lowest BCUT2D eigenvalue weighted by atomic mass is 9.98. The number of nitrogens with zero attached hydrogens (tertiary/aromatic N) is 2. The summed E-state index contributed by atoms with van der Waals surface area (Å²) in [5.74, 6) is -1.03. The Bertz CT molecular complexity index is 1090. The number of fused-ring (bicyclic) bond motifs is 1. The Morgan fingerprint density at radius 2 is 2.00 bits per heavy atom. The number of nitrogens with one attached hydrogen (secondary N) is 2. The molecule has 0 bridgehead atoms. The van der Waals surface area contributed by atoms with Crippen LogP contribution >= 0.6 is 0 Å². The molecule has 0 spiro atoms. The van der Waals surface area contributed by atoms with Gasteiger partial charge in [-0.05, 0) is 60.0 Å². The summed E-state index contributed by atoms with van der Waals surface area (Å²) in [6, 6.07) is 7.89. The average Bonchev–Trinajstić information content (AvgIpc) is 3.13. The minimum absolute atomic E-state index is 0.0183. The van der Waals surface area contributed by atoms with E-state index >= 15 is 0 Å². The first-order valence-corrected chi connectivity index (χ1v) is 9.30. The lowest BCUT2D eigenvalue weighted by Crippen LogP contribution is -2.24. The number of alkyl halides is 3. The van der Waals surface area contributed by atoms with Gasteiger partial charge in [0.25, 0.3) is 5.91 Å². The fourth-order valence-corrected chi connectivity index (χ4v) is 3.43. The van der Waals surface area contributed by atoms with Crippen molar-refractivity contribution in [3.8, 4) is 0 Å². The molecule has 0 saturated carbocycles. The summed E-state index contributed by atoms with van der Waals surface area (Å²) in [5.41, 5.74) is 1.88. The van der Waals surface area contributed by atoms with Crippen LogP contribution in [0.15, 0.2) is 48.9 Å². The highest BCUT2D eigenvalue weighted by molar-refractivity contribution is 6.03. The zero-order valence-corrected chi connectivity index (χ0v) is 15.8. The highest BCUT2D eigenvalue weighted by Gasteiger charge is 2.31. The predicted octanol–water partition coefficient (Wildman–Crippen LogP) is 3.99. The molecule has 2 heterocycles. The molecule has 2 N–H and O–H groups in total. The molecule has 30 heavy (non-hydrogen) atoms. The van der Waals surface area contributed by atoms with Crippen molar-refractivity contribution < 1.29 is 22.4 Å². The normalized spacial score (nSPS) is 13.7. The second-order valence-electron chi connectivity index (χ2n) is 7.14. The lowest BCUT2D eigenvalue weighted by molar-refractivity contribution is -0.137. The van der Waals surface area contributed by atoms with Gasteiger partial charge in [0.1, 0.15) is 5.82 Å². The molecule has 1 aliphatic heterocycles. The quantitative estimate of drug-likeness (QED) is 0.630. The zero-order chi connectivity index (χ0) is 21.3. The van der Waals surface area contributed by atoms with Gasteiger partial charge in [0.2, 0.25) is 0 Å². The van der Waals surface area contributed by atoms with Crippen LogP contribution in [0.1, 0.15) is 32.6 Å². The first-order valence-electron chi connectivity index (χ1n) is 9.30. The Morgan fingerprint density at radius 3 is 2.80 bits per heavy atom. The van der Waals surface area contributed by atoms with E-state index in [2.05, 4.69) is 15.6 Å². The van der Waals surface area contributed by atoms with Crippen molar-refractivity contribution >= 4 is 11.7 Å². The Hall–Kier alpha value is -3.20. The number of benzene rings is 2. The van der Waals surface area contributed by atoms with Gasteiger partial charge in [-0.3, -0.25) is 4.79 Å². The van der Waals surface area contributed by atoms with Crippen LogP contribution < -0.4 is 10.6 Å². The number of imidazole rings is 1. The van der Waals surface area contributed by atoms with Gasteiger partial charge in [-0.2, -0.15) is 13.2 Å². The molecule has 0 aliphatic carbocycles. The number of amides is 1. The van der Waals surface area contributed by atoms with Crippen LogP contribution in [0.2, 0.25) is 0 Å². The van der Waals surface area contributed by atoms with Crippen LogP contribution in [-0.2, 0) is 25.7 Å². The van der Waals surface area contributed by atoms with Gasteiger partial charge in [0, 0.05) is 24.8 Å². The summed E-state index contributed by atoms with van der Waals surface area (Å²) in [6.07, 6.45) is -0.931. The third-order valence-electron chi connectivity index (χ3n) is 4.88. The lowest BCUT2D eigenvalue weighted by Gasteiger charge is -2.17. The fraction of sp³-hybridized carbons (Fsp3) is 0.238. The van der Waals surface area contributed by atoms with Crippen molar-refractivity contribution in [2.45, 2.75) is 25.7 Å². The number of hydrogen-bond donors (Lipinski definition) is 2. The van der Waals surface area contributed by atoms with E-state index < -0.39 is 17.6 Å². The number of carbonyl (C=O) groups excluding carboxylic acids is 1. The molecule has 156 valence electrons. The molecule has 0 saturated heterocycles. The third-order valence-corrected chi connectivity index (χ3v) is 4.88. The summed E-state index contributed by atoms with van der Waals surface area (Å²) in [6.45, 7) is 1.62. The maximum Gasteiger partial charge on any atom is 0.416 e. The number of anilines is 1. The molecule has 5 nitrogen and oxygen atoms in total. The van der Waals surface area contributed by atoms with Crippen molar-refractivity contribution in [3.05, 3.63) is 82.6 Å². The highest BCUT2D eigenvalue weighted by Crippen LogP contribution is 2.30. The standard InChI is InChI=1S/C21H18F4N4O/c22-18-6-13(5-17(8-18)21(23,24)25)10-29-11-19(27-12-29)28-20(30)15-1-2-16-9-26-4-3-14(16)7-15/h1-2,5-8,11-12,26H,3-4,9-10H2,(H,28,30). The predicted molar refractivity (Wildman–Crippen MR) is 103 cm³/mol. The molecule has 2 aromatic carbocycles. The zero-order valence-electron chi connectivity index (χ0n) is 15.8. The molecule has 1 amide bonds. The number of carbonyl (C=O) groups is 1. The highest BCUT2D eigenvalue weighted by atomic mass is 19.4. The number of rotatable bonds is 4. The van der Waals surface area contributed by atoms with Crippen molar-refractivity contribution in [2.24, 2.45) is 0 Å². The second-order valence-corrected chi connectivity index (χ2v) is 7.14. The molecule has 9 heteroatoms. The summed E-state index contributed by atoms with van der Waals surface area (Å²) in [7, 11) is 0. The largest absolute Gasteiger partial charge is 0.416 e. The molecule has 3 aromatic rings. The van der Waals surface area contributed by atoms with Crippen LogP contribution in [0, 0.1) is 5.82 Å². The maximum absolute atomic E-state index is 13.6. The van der Waals surface area contributed by atoms with Crippen LogP contribution in [0.4, 0.5) is 23.4 Å². The van der Waals surface area contributed by atoms with E-state index in [1.54, 1.807) is 6.07 Å². The van der Waals surface area contributed by atoms with E-state index in [0.29, 0.717) is 11.6 Å². The monoisotopic (exact) mass is 418 g/mol. The van der Waals surface area contributed by atoms with E-state index in [-0.39, 0.29) is 23.8 Å². The van der Waals surface area contributed by atoms with Crippen molar-refractivity contribution in [1.29, 1.82) is 0 Å². The van der Waals surface area contributed by atoms with Crippen LogP contribution in [0.3, 0.4) is 0 Å². The second kappa shape index (κ2) is 7.91. The van der Waals surface area contributed by atoms with E-state index in [1.165, 1.54) is 17.1 Å². The van der Waals surface area contributed by atoms with Crippen molar-refractivity contribution in [3.63, 3.8) is 0 Å². The Balaban J connectivity index is 1.46. The average molecular weight is 418 g/mol. The molecule has 1 aliphatic rings. The van der Waals surface area contributed by atoms with Gasteiger partial charge in [-0.15, -0.1) is 0 Å². The van der Waals surface area contributed by atoms with Crippen molar-refractivity contribution in [2.75, 3.05) is 11.9 Å². The molecule has 0 radical (unpaired) electrons. The van der Waals surface area contributed by atoms with Crippen LogP contribution in [0.25, 0.3) is 0 Å². The number of hydrogen-bond acceptors (Lipinski definition) is 3. The van der Waals surface area contributed by atoms with Crippen molar-refractivity contribution in [1.82, 2.24) is 14.9 Å². The van der Waals surface area contributed by atoms with E-state index in [0.717, 1.165) is 42.8 Å². The molecule has 1 aromatic heterocycles. The summed E-state index contributed by atoms with van der Waals surface area (Å²) >= 11 is 0. The summed E-state index contributed by atoms with van der Waals surface area (Å²) in [5, 5.41) is 5.95. The maximum atomic E-state index is 13.6. The minimum atomic E-state index is -4.63. The van der Waals surface area contributed by atoms with Gasteiger partial charge < -0.3 is 15.2 Å². The molecule has 0 unspecified atom stereocenters. The van der Waals surface area contributed by atoms with E-state index in [4.69, 9.17) is 0 Å². The number of halogens is 4. The SMILES string of the molecule is O=C(Nc1cn(Cc2cc(F)cc(C(F)(F)F)c2)cn1)c1ccc2c(c1)CCNC2. The Morgan fingerprint density at radius 1 is 1.17 bits per heavy atom. The Kier molecular flexibility index (Phi) is 5.29. The smallest absolute Gasteiger partial charge is 0.331 e. The van der Waals surface area contributed by atoms with Gasteiger partial charge in [0.15, 0.2) is 5.82 Å². The Labute approximate surface area is 169 Å². The van der Waals surface area contributed by atoms with Crippen LogP contribution in [-0.4, -0.2) is 22.0 Å². The van der Waals surface area contributed by atoms with Gasteiger partial charge in [-0.1, -0.05) is 6.07 Å². The third kappa shape index (κ3) is 4.51. The summed E-state index contributed by atoms with van der Waals surface area (Å²) in [4.78, 5) is 16.6. The molecular formula is C21H18F4N4O. The molecule has 4 rings (SSSR count).